The Balaban J connectivity index is 2.32. The van der Waals surface area contributed by atoms with Gasteiger partial charge in [0, 0.05) is 19.6 Å². The molecule has 0 fully saturated rings. The Kier molecular flexibility index (Phi) is 13.2. The average molecular weight is 429 g/mol. The van der Waals surface area contributed by atoms with Crippen LogP contribution in [0, 0.1) is 11.8 Å². The third-order valence-corrected chi connectivity index (χ3v) is 5.10. The maximum absolute atomic E-state index is 12.6. The molecule has 1 rings (SSSR count). The van der Waals surface area contributed by atoms with Crippen LogP contribution in [0.5, 0.6) is 0 Å². The van der Waals surface area contributed by atoms with Crippen molar-refractivity contribution >= 4 is 11.8 Å². The van der Waals surface area contributed by atoms with Crippen molar-refractivity contribution in [3.8, 4) is 0 Å². The average Bonchev–Trinajstić information content (AvgIpc) is 2.75. The summed E-state index contributed by atoms with van der Waals surface area (Å²) in [5.41, 5.74) is 2.20. The third-order valence-electron chi connectivity index (χ3n) is 5.10. The zero-order valence-corrected chi connectivity index (χ0v) is 19.8. The van der Waals surface area contributed by atoms with E-state index in [1.807, 2.05) is 64.1 Å². The minimum atomic E-state index is -0.525. The lowest BCUT2D eigenvalue weighted by Gasteiger charge is -2.22. The van der Waals surface area contributed by atoms with E-state index in [9.17, 15) is 9.59 Å². The highest BCUT2D eigenvalue weighted by Gasteiger charge is 2.23. The van der Waals surface area contributed by atoms with Crippen LogP contribution in [0.2, 0.25) is 0 Å². The molecule has 1 aromatic rings. The highest BCUT2D eigenvalue weighted by molar-refractivity contribution is 5.88. The van der Waals surface area contributed by atoms with E-state index in [0.717, 1.165) is 18.4 Å². The molecule has 0 aliphatic carbocycles. The zero-order chi connectivity index (χ0) is 23.1. The quantitative estimate of drug-likeness (QED) is 0.419. The van der Waals surface area contributed by atoms with Crippen LogP contribution in [0.25, 0.3) is 0 Å². The predicted molar refractivity (Wildman–Crippen MR) is 127 cm³/mol. The Morgan fingerprint density at radius 3 is 2.42 bits per heavy atom. The van der Waals surface area contributed by atoms with Crippen molar-refractivity contribution in [3.63, 3.8) is 0 Å². The monoisotopic (exact) mass is 428 g/mol. The summed E-state index contributed by atoms with van der Waals surface area (Å²) in [5.74, 6) is 0.178. The van der Waals surface area contributed by atoms with Gasteiger partial charge in [-0.15, -0.1) is 0 Å². The van der Waals surface area contributed by atoms with Crippen molar-refractivity contribution in [2.75, 3.05) is 13.2 Å². The molecule has 0 aromatic heterocycles. The van der Waals surface area contributed by atoms with Crippen molar-refractivity contribution in [1.82, 2.24) is 10.6 Å². The Labute approximate surface area is 188 Å². The summed E-state index contributed by atoms with van der Waals surface area (Å²) >= 11 is 0. The Hall–Kier alpha value is -2.40. The fraction of sp³-hybridized carbons (Fsp3) is 0.538. The Bertz CT molecular complexity index is 711. The molecule has 0 saturated heterocycles. The molecule has 0 radical (unpaired) electrons. The van der Waals surface area contributed by atoms with Crippen LogP contribution in [0.1, 0.15) is 59.4 Å². The summed E-state index contributed by atoms with van der Waals surface area (Å²) in [6.07, 6.45) is 7.98. The van der Waals surface area contributed by atoms with Crippen LogP contribution in [-0.4, -0.2) is 31.0 Å². The maximum atomic E-state index is 12.6. The molecular weight excluding hydrogens is 388 g/mol. The van der Waals surface area contributed by atoms with Gasteiger partial charge < -0.3 is 15.4 Å². The van der Waals surface area contributed by atoms with E-state index in [2.05, 4.69) is 29.7 Å². The molecule has 0 aliphatic heterocycles. The predicted octanol–water partition coefficient (Wildman–Crippen LogP) is 4.79. The molecule has 2 N–H and O–H groups in total. The van der Waals surface area contributed by atoms with Gasteiger partial charge in [-0.1, -0.05) is 69.3 Å². The van der Waals surface area contributed by atoms with Crippen LogP contribution in [0.4, 0.5) is 0 Å². The largest absolute Gasteiger partial charge is 0.376 e. The fourth-order valence-electron chi connectivity index (χ4n) is 3.20. The number of allylic oxidation sites excluding steroid dienone is 2. The molecule has 5 heteroatoms. The summed E-state index contributed by atoms with van der Waals surface area (Å²) in [5, 5.41) is 5.84. The fourth-order valence-corrected chi connectivity index (χ4v) is 3.20. The van der Waals surface area contributed by atoms with Crippen molar-refractivity contribution in [2.24, 2.45) is 11.8 Å². The molecule has 0 spiro atoms. The van der Waals surface area contributed by atoms with Gasteiger partial charge in [0.25, 0.3) is 0 Å². The minimum Gasteiger partial charge on any atom is -0.376 e. The van der Waals surface area contributed by atoms with Crippen LogP contribution in [0.3, 0.4) is 0 Å². The SMILES string of the molecule is C/C=C\C(=C/C)CNC(=O)C(NC(=O)CCCC(C)COCc1ccccc1)C(C)C. The summed E-state index contributed by atoms with van der Waals surface area (Å²) < 4.78 is 5.78. The second kappa shape index (κ2) is 15.4. The number of nitrogens with one attached hydrogen (secondary N) is 2. The highest BCUT2D eigenvalue weighted by Crippen LogP contribution is 2.11. The normalized spacial score (nSPS) is 13.9. The first-order valence-corrected chi connectivity index (χ1v) is 11.3. The molecule has 2 atom stereocenters. The van der Waals surface area contributed by atoms with Gasteiger partial charge in [-0.3, -0.25) is 9.59 Å². The molecule has 2 unspecified atom stereocenters. The van der Waals surface area contributed by atoms with E-state index >= 15 is 0 Å². The van der Waals surface area contributed by atoms with Crippen LogP contribution >= 0.6 is 0 Å². The van der Waals surface area contributed by atoms with Gasteiger partial charge in [0.05, 0.1) is 6.61 Å². The van der Waals surface area contributed by atoms with Crippen LogP contribution in [-0.2, 0) is 20.9 Å². The number of ether oxygens (including phenoxy) is 1. The van der Waals surface area contributed by atoms with Gasteiger partial charge >= 0.3 is 0 Å². The number of carbonyl (C=O) groups is 2. The van der Waals surface area contributed by atoms with E-state index in [-0.39, 0.29) is 17.7 Å². The molecule has 1 aromatic carbocycles. The van der Waals surface area contributed by atoms with Crippen molar-refractivity contribution in [2.45, 2.75) is 66.5 Å². The van der Waals surface area contributed by atoms with E-state index < -0.39 is 6.04 Å². The van der Waals surface area contributed by atoms with Gasteiger partial charge in [0.1, 0.15) is 6.04 Å². The molecule has 0 saturated carbocycles. The van der Waals surface area contributed by atoms with Gasteiger partial charge in [0.2, 0.25) is 11.8 Å². The van der Waals surface area contributed by atoms with Crippen molar-refractivity contribution < 1.29 is 14.3 Å². The molecular formula is C26H40N2O3. The van der Waals surface area contributed by atoms with Gasteiger partial charge in [-0.2, -0.15) is 0 Å². The number of hydrogen-bond acceptors (Lipinski definition) is 3. The topological polar surface area (TPSA) is 67.4 Å². The first-order valence-electron chi connectivity index (χ1n) is 11.3. The summed E-state index contributed by atoms with van der Waals surface area (Å²) in [4.78, 5) is 25.0. The van der Waals surface area contributed by atoms with Gasteiger partial charge in [0.15, 0.2) is 0 Å². The molecule has 31 heavy (non-hydrogen) atoms. The lowest BCUT2D eigenvalue weighted by Crippen LogP contribution is -2.50. The number of rotatable bonds is 14. The molecule has 0 bridgehead atoms. The van der Waals surface area contributed by atoms with E-state index in [4.69, 9.17) is 4.74 Å². The number of hydrogen-bond donors (Lipinski definition) is 2. The summed E-state index contributed by atoms with van der Waals surface area (Å²) in [7, 11) is 0. The molecule has 5 nitrogen and oxygen atoms in total. The first kappa shape index (κ1) is 26.6. The number of carbonyl (C=O) groups excluding carboxylic acids is 2. The standard InChI is InChI=1S/C26H40N2O3/c1-6-12-22(7-2)17-27-26(30)25(20(3)4)28-24(29)16-11-13-21(5)18-31-19-23-14-9-8-10-15-23/h6-10,12,14-15,20-21,25H,11,13,16-19H2,1-5H3,(H,27,30)(H,28,29)/b12-6-,22-7+. The lowest BCUT2D eigenvalue weighted by atomic mass is 10.0. The smallest absolute Gasteiger partial charge is 0.243 e. The van der Waals surface area contributed by atoms with Crippen molar-refractivity contribution in [1.29, 1.82) is 0 Å². The van der Waals surface area contributed by atoms with Crippen LogP contribution in [0.15, 0.2) is 54.1 Å². The Morgan fingerprint density at radius 1 is 1.10 bits per heavy atom. The minimum absolute atomic E-state index is 0.0185. The molecule has 0 heterocycles. The second-order valence-corrected chi connectivity index (χ2v) is 8.37. The summed E-state index contributed by atoms with van der Waals surface area (Å²) in [6, 6.07) is 9.59. The third kappa shape index (κ3) is 11.5. The van der Waals surface area contributed by atoms with E-state index in [0.29, 0.717) is 32.1 Å². The molecule has 0 aliphatic rings. The zero-order valence-electron chi connectivity index (χ0n) is 19.8. The van der Waals surface area contributed by atoms with Crippen molar-refractivity contribution in [3.05, 3.63) is 59.7 Å². The van der Waals surface area contributed by atoms with E-state index in [1.165, 1.54) is 5.56 Å². The number of benzene rings is 1. The number of amides is 2. The highest BCUT2D eigenvalue weighted by atomic mass is 16.5. The molecule has 172 valence electrons. The first-order chi connectivity index (χ1) is 14.9. The Morgan fingerprint density at radius 2 is 1.81 bits per heavy atom. The molecule has 2 amide bonds. The van der Waals surface area contributed by atoms with Gasteiger partial charge in [-0.05, 0) is 49.7 Å². The van der Waals surface area contributed by atoms with Crippen LogP contribution < -0.4 is 10.6 Å². The van der Waals surface area contributed by atoms with Gasteiger partial charge in [-0.25, -0.2) is 0 Å². The van der Waals surface area contributed by atoms with E-state index in [1.54, 1.807) is 0 Å². The maximum Gasteiger partial charge on any atom is 0.243 e. The second-order valence-electron chi connectivity index (χ2n) is 8.37. The lowest BCUT2D eigenvalue weighted by molar-refractivity contribution is -0.130. The summed E-state index contributed by atoms with van der Waals surface area (Å²) in [6.45, 7) is 11.6.